The topological polar surface area (TPSA) is 112 Å². The molecule has 0 unspecified atom stereocenters. The molecule has 154 valence electrons. The molecule has 0 spiro atoms. The van der Waals surface area contributed by atoms with E-state index >= 15 is 0 Å². The molecule has 2 amide bonds. The fourth-order valence-electron chi connectivity index (χ4n) is 3.66. The van der Waals surface area contributed by atoms with Crippen LogP contribution in [0.15, 0.2) is 24.3 Å². The average Bonchev–Trinajstić information content (AvgIpc) is 2.72. The van der Waals surface area contributed by atoms with E-state index in [0.29, 0.717) is 37.2 Å². The van der Waals surface area contributed by atoms with Crippen LogP contribution in [0.5, 0.6) is 0 Å². The van der Waals surface area contributed by atoms with Crippen molar-refractivity contribution in [3.63, 3.8) is 0 Å². The second kappa shape index (κ2) is 9.00. The number of para-hydroxylation sites is 1. The minimum absolute atomic E-state index is 0.157. The second-order valence-electron chi connectivity index (χ2n) is 7.14. The summed E-state index contributed by atoms with van der Waals surface area (Å²) in [6, 6.07) is 7.51. The van der Waals surface area contributed by atoms with Gasteiger partial charge >= 0.3 is 5.97 Å². The number of rotatable bonds is 6. The Morgan fingerprint density at radius 3 is 2.55 bits per heavy atom. The average molecular weight is 399 g/mol. The van der Waals surface area contributed by atoms with Gasteiger partial charge in [0.15, 0.2) is 6.61 Å². The van der Waals surface area contributed by atoms with Crippen molar-refractivity contribution in [3.8, 4) is 0 Å². The van der Waals surface area contributed by atoms with Crippen molar-refractivity contribution in [1.82, 2.24) is 9.88 Å². The van der Waals surface area contributed by atoms with Crippen LogP contribution >= 0.6 is 0 Å². The number of amides is 2. The van der Waals surface area contributed by atoms with E-state index in [-0.39, 0.29) is 30.9 Å². The first-order valence-corrected chi connectivity index (χ1v) is 9.53. The van der Waals surface area contributed by atoms with Gasteiger partial charge in [0.2, 0.25) is 5.91 Å². The van der Waals surface area contributed by atoms with Gasteiger partial charge in [-0.25, -0.2) is 9.78 Å². The quantitative estimate of drug-likeness (QED) is 0.738. The predicted octanol–water partition coefficient (Wildman–Crippen LogP) is 1.57. The molecule has 1 aliphatic rings. The summed E-state index contributed by atoms with van der Waals surface area (Å²) in [5, 5.41) is 0.846. The van der Waals surface area contributed by atoms with Crippen LogP contribution < -0.4 is 5.73 Å². The number of esters is 1. The second-order valence-corrected chi connectivity index (χ2v) is 7.14. The SMILES string of the molecule is COCc1nc2ccccc2c(C)c1C(=O)OCC(=O)N1CCC(C(N)=O)CC1. The van der Waals surface area contributed by atoms with Crippen LogP contribution in [0.25, 0.3) is 10.9 Å². The highest BCUT2D eigenvalue weighted by Gasteiger charge is 2.27. The Kier molecular flexibility index (Phi) is 6.43. The summed E-state index contributed by atoms with van der Waals surface area (Å²) in [7, 11) is 1.53. The largest absolute Gasteiger partial charge is 0.452 e. The molecule has 29 heavy (non-hydrogen) atoms. The van der Waals surface area contributed by atoms with Gasteiger partial charge in [-0.15, -0.1) is 0 Å². The van der Waals surface area contributed by atoms with Crippen molar-refractivity contribution < 1.29 is 23.9 Å². The first kappa shape index (κ1) is 20.7. The molecule has 0 saturated carbocycles. The van der Waals surface area contributed by atoms with Crippen molar-refractivity contribution in [2.75, 3.05) is 26.8 Å². The lowest BCUT2D eigenvalue weighted by atomic mass is 9.96. The summed E-state index contributed by atoms with van der Waals surface area (Å²) < 4.78 is 10.5. The van der Waals surface area contributed by atoms with E-state index in [9.17, 15) is 14.4 Å². The van der Waals surface area contributed by atoms with Crippen LogP contribution in [-0.2, 0) is 25.7 Å². The zero-order valence-electron chi connectivity index (χ0n) is 16.6. The lowest BCUT2D eigenvalue weighted by molar-refractivity contribution is -0.137. The third-order valence-electron chi connectivity index (χ3n) is 5.29. The number of hydrogen-bond donors (Lipinski definition) is 1. The molecular formula is C21H25N3O5. The van der Waals surface area contributed by atoms with E-state index in [4.69, 9.17) is 15.2 Å². The molecule has 1 saturated heterocycles. The molecule has 0 aliphatic carbocycles. The molecule has 1 aliphatic heterocycles. The standard InChI is InChI=1S/C21H25N3O5/c1-13-15-5-3-4-6-16(15)23-17(11-28-2)19(13)21(27)29-12-18(25)24-9-7-14(8-10-24)20(22)26/h3-6,14H,7-12H2,1-2H3,(H2,22,26). The van der Waals surface area contributed by atoms with E-state index in [0.717, 1.165) is 16.5 Å². The minimum atomic E-state index is -0.604. The number of pyridine rings is 1. The lowest BCUT2D eigenvalue weighted by Gasteiger charge is -2.30. The first-order valence-electron chi connectivity index (χ1n) is 9.53. The highest BCUT2D eigenvalue weighted by Crippen LogP contribution is 2.24. The maximum Gasteiger partial charge on any atom is 0.340 e. The third-order valence-corrected chi connectivity index (χ3v) is 5.29. The zero-order chi connectivity index (χ0) is 21.0. The number of carbonyl (C=O) groups is 3. The van der Waals surface area contributed by atoms with Gasteiger partial charge < -0.3 is 20.1 Å². The first-order chi connectivity index (χ1) is 13.9. The molecule has 2 heterocycles. The van der Waals surface area contributed by atoms with Gasteiger partial charge in [-0.1, -0.05) is 18.2 Å². The number of piperidine rings is 1. The number of fused-ring (bicyclic) bond motifs is 1. The number of aromatic nitrogens is 1. The van der Waals surface area contributed by atoms with Crippen molar-refractivity contribution in [3.05, 3.63) is 41.1 Å². The number of primary amides is 1. The molecular weight excluding hydrogens is 374 g/mol. The van der Waals surface area contributed by atoms with E-state index in [1.54, 1.807) is 4.90 Å². The van der Waals surface area contributed by atoms with Gasteiger partial charge in [-0.05, 0) is 31.4 Å². The smallest absolute Gasteiger partial charge is 0.340 e. The molecule has 1 aromatic carbocycles. The molecule has 0 bridgehead atoms. The van der Waals surface area contributed by atoms with Gasteiger partial charge in [0.25, 0.3) is 5.91 Å². The molecule has 3 rings (SSSR count). The summed E-state index contributed by atoms with van der Waals surface area (Å²) in [5.74, 6) is -1.44. The maximum atomic E-state index is 12.8. The summed E-state index contributed by atoms with van der Waals surface area (Å²) in [6.07, 6.45) is 1.06. The third kappa shape index (κ3) is 4.54. The van der Waals surface area contributed by atoms with Gasteiger partial charge in [-0.3, -0.25) is 9.59 Å². The van der Waals surface area contributed by atoms with Crippen molar-refractivity contribution in [2.24, 2.45) is 11.7 Å². The number of methoxy groups -OCH3 is 1. The number of nitrogens with zero attached hydrogens (tertiary/aromatic N) is 2. The lowest BCUT2D eigenvalue weighted by Crippen LogP contribution is -2.43. The molecule has 1 fully saturated rings. The zero-order valence-corrected chi connectivity index (χ0v) is 16.6. The van der Waals surface area contributed by atoms with Crippen molar-refractivity contribution >= 4 is 28.7 Å². The molecule has 8 heteroatoms. The summed E-state index contributed by atoms with van der Waals surface area (Å²) >= 11 is 0. The summed E-state index contributed by atoms with van der Waals surface area (Å²) in [4.78, 5) is 42.6. The van der Waals surface area contributed by atoms with E-state index in [1.807, 2.05) is 31.2 Å². The van der Waals surface area contributed by atoms with Gasteiger partial charge in [0, 0.05) is 31.5 Å². The van der Waals surface area contributed by atoms with Gasteiger partial charge in [-0.2, -0.15) is 0 Å². The predicted molar refractivity (Wildman–Crippen MR) is 106 cm³/mol. The Labute approximate surface area is 169 Å². The molecule has 2 N–H and O–H groups in total. The van der Waals surface area contributed by atoms with E-state index in [2.05, 4.69) is 4.98 Å². The normalized spacial score (nSPS) is 14.8. The van der Waals surface area contributed by atoms with Crippen molar-refractivity contribution in [2.45, 2.75) is 26.4 Å². The van der Waals surface area contributed by atoms with Crippen LogP contribution in [0.2, 0.25) is 0 Å². The van der Waals surface area contributed by atoms with Crippen LogP contribution in [-0.4, -0.2) is 54.5 Å². The number of likely N-dealkylation sites (tertiary alicyclic amines) is 1. The van der Waals surface area contributed by atoms with Crippen LogP contribution in [0, 0.1) is 12.8 Å². The minimum Gasteiger partial charge on any atom is -0.452 e. The molecule has 0 radical (unpaired) electrons. The Balaban J connectivity index is 1.71. The summed E-state index contributed by atoms with van der Waals surface area (Å²) in [6.45, 7) is 2.48. The Morgan fingerprint density at radius 2 is 1.90 bits per heavy atom. The van der Waals surface area contributed by atoms with Crippen molar-refractivity contribution in [1.29, 1.82) is 0 Å². The number of aryl methyl sites for hydroxylation is 1. The number of hydrogen-bond acceptors (Lipinski definition) is 6. The molecule has 0 atom stereocenters. The highest BCUT2D eigenvalue weighted by molar-refractivity contribution is 5.99. The number of carbonyl (C=O) groups excluding carboxylic acids is 3. The fraction of sp³-hybridized carbons (Fsp3) is 0.429. The molecule has 2 aromatic rings. The van der Waals surface area contributed by atoms with E-state index in [1.165, 1.54) is 7.11 Å². The highest BCUT2D eigenvalue weighted by atomic mass is 16.5. The van der Waals surface area contributed by atoms with E-state index < -0.39 is 5.97 Å². The van der Waals surface area contributed by atoms with Crippen LogP contribution in [0.3, 0.4) is 0 Å². The maximum absolute atomic E-state index is 12.8. The van der Waals surface area contributed by atoms with Crippen LogP contribution in [0.4, 0.5) is 0 Å². The monoisotopic (exact) mass is 399 g/mol. The Hall–Kier alpha value is -3.00. The van der Waals surface area contributed by atoms with Crippen LogP contribution in [0.1, 0.15) is 34.5 Å². The molecule has 1 aromatic heterocycles. The number of nitrogens with two attached hydrogens (primary N) is 1. The number of ether oxygens (including phenoxy) is 2. The Morgan fingerprint density at radius 1 is 1.21 bits per heavy atom. The van der Waals surface area contributed by atoms with Gasteiger partial charge in [0.1, 0.15) is 0 Å². The number of benzene rings is 1. The Bertz CT molecular complexity index is 935. The molecule has 8 nitrogen and oxygen atoms in total. The fourth-order valence-corrected chi connectivity index (χ4v) is 3.66. The van der Waals surface area contributed by atoms with Gasteiger partial charge in [0.05, 0.1) is 23.4 Å². The summed E-state index contributed by atoms with van der Waals surface area (Å²) in [5.41, 5.74) is 7.62.